The van der Waals surface area contributed by atoms with Crippen LogP contribution in [0.1, 0.15) is 18.4 Å². The van der Waals surface area contributed by atoms with Gasteiger partial charge in [-0.15, -0.1) is 0 Å². The first-order valence-electron chi connectivity index (χ1n) is 6.12. The summed E-state index contributed by atoms with van der Waals surface area (Å²) in [6, 6.07) is 12.4. The minimum Gasteiger partial charge on any atom is -0.375 e. The third-order valence-electron chi connectivity index (χ3n) is 3.45. The van der Waals surface area contributed by atoms with Crippen LogP contribution in [-0.4, -0.2) is 35.2 Å². The van der Waals surface area contributed by atoms with Gasteiger partial charge in [-0.2, -0.15) is 5.26 Å². The molecule has 3 heteroatoms. The van der Waals surface area contributed by atoms with E-state index in [9.17, 15) is 5.11 Å². The molecule has 1 saturated heterocycles. The number of hydrogen-bond donors (Lipinski definition) is 1. The number of nitrogens with zero attached hydrogens (tertiary/aromatic N) is 2. The molecule has 1 heterocycles. The maximum atomic E-state index is 9.80. The van der Waals surface area contributed by atoms with E-state index in [4.69, 9.17) is 5.26 Å². The average Bonchev–Trinajstić information content (AvgIpc) is 2.39. The summed E-state index contributed by atoms with van der Waals surface area (Å²) >= 11 is 0. The van der Waals surface area contributed by atoms with Crippen LogP contribution in [0.25, 0.3) is 0 Å². The Morgan fingerprint density at radius 2 is 1.88 bits per heavy atom. The standard InChI is InChI=1S/C14H18N2O/c15-12-14(17)7-10-16(11-8-14)9-6-13-4-2-1-3-5-13/h1-5,17H,6-11H2. The van der Waals surface area contributed by atoms with E-state index in [1.165, 1.54) is 5.56 Å². The Hall–Kier alpha value is -1.37. The predicted octanol–water partition coefficient (Wildman–Crippen LogP) is 1.58. The second-order valence-corrected chi connectivity index (χ2v) is 4.72. The molecule has 0 saturated carbocycles. The Labute approximate surface area is 102 Å². The second kappa shape index (κ2) is 5.31. The third-order valence-corrected chi connectivity index (χ3v) is 3.45. The number of aliphatic hydroxyl groups is 1. The summed E-state index contributed by atoms with van der Waals surface area (Å²) in [6.45, 7) is 2.64. The van der Waals surface area contributed by atoms with Gasteiger partial charge in [0.05, 0.1) is 6.07 Å². The predicted molar refractivity (Wildman–Crippen MR) is 66.4 cm³/mol. The third kappa shape index (κ3) is 3.29. The highest BCUT2D eigenvalue weighted by atomic mass is 16.3. The normalized spacial score (nSPS) is 19.8. The molecule has 1 aromatic carbocycles. The van der Waals surface area contributed by atoms with Crippen molar-refractivity contribution in [3.05, 3.63) is 35.9 Å². The lowest BCUT2D eigenvalue weighted by molar-refractivity contribution is 0.0258. The van der Waals surface area contributed by atoms with Gasteiger partial charge in [-0.05, 0) is 12.0 Å². The summed E-state index contributed by atoms with van der Waals surface area (Å²) in [6.07, 6.45) is 2.17. The number of likely N-dealkylation sites (tertiary alicyclic amines) is 1. The molecule has 0 spiro atoms. The Kier molecular flexibility index (Phi) is 3.78. The highest BCUT2D eigenvalue weighted by molar-refractivity contribution is 5.15. The molecule has 0 bridgehead atoms. The minimum atomic E-state index is -1.08. The highest BCUT2D eigenvalue weighted by Gasteiger charge is 2.31. The molecule has 3 nitrogen and oxygen atoms in total. The van der Waals surface area contributed by atoms with Crippen molar-refractivity contribution in [2.45, 2.75) is 24.9 Å². The molecule has 17 heavy (non-hydrogen) atoms. The zero-order valence-corrected chi connectivity index (χ0v) is 9.97. The minimum absolute atomic E-state index is 0.568. The van der Waals surface area contributed by atoms with Crippen molar-refractivity contribution in [1.29, 1.82) is 5.26 Å². The first-order valence-corrected chi connectivity index (χ1v) is 6.12. The van der Waals surface area contributed by atoms with Crippen LogP contribution in [0.2, 0.25) is 0 Å². The lowest BCUT2D eigenvalue weighted by atomic mass is 9.93. The Morgan fingerprint density at radius 3 is 2.47 bits per heavy atom. The molecule has 0 aromatic heterocycles. The van der Waals surface area contributed by atoms with Crippen LogP contribution in [0.4, 0.5) is 0 Å². The Balaban J connectivity index is 1.78. The van der Waals surface area contributed by atoms with Crippen LogP contribution in [0.3, 0.4) is 0 Å². The Bertz CT molecular complexity index is 388. The van der Waals surface area contributed by atoms with E-state index in [1.807, 2.05) is 12.1 Å². The zero-order chi connectivity index (χ0) is 12.1. The van der Waals surface area contributed by atoms with Crippen LogP contribution in [0, 0.1) is 11.3 Å². The molecule has 1 aliphatic rings. The average molecular weight is 230 g/mol. The van der Waals surface area contributed by atoms with Gasteiger partial charge in [0, 0.05) is 32.5 Å². The van der Waals surface area contributed by atoms with Gasteiger partial charge in [0.2, 0.25) is 0 Å². The van der Waals surface area contributed by atoms with E-state index >= 15 is 0 Å². The van der Waals surface area contributed by atoms with Crippen molar-refractivity contribution in [3.63, 3.8) is 0 Å². The Morgan fingerprint density at radius 1 is 1.24 bits per heavy atom. The molecule has 0 radical (unpaired) electrons. The summed E-state index contributed by atoms with van der Waals surface area (Å²) in [5, 5.41) is 18.6. The quantitative estimate of drug-likeness (QED) is 0.802. The summed E-state index contributed by atoms with van der Waals surface area (Å²) in [5.74, 6) is 0. The largest absolute Gasteiger partial charge is 0.375 e. The summed E-state index contributed by atoms with van der Waals surface area (Å²) in [7, 11) is 0. The zero-order valence-electron chi connectivity index (χ0n) is 9.97. The number of piperidine rings is 1. The van der Waals surface area contributed by atoms with Gasteiger partial charge in [0.15, 0.2) is 5.60 Å². The summed E-state index contributed by atoms with van der Waals surface area (Å²) in [5.41, 5.74) is 0.261. The fraction of sp³-hybridized carbons (Fsp3) is 0.500. The number of hydrogen-bond acceptors (Lipinski definition) is 3. The van der Waals surface area contributed by atoms with Gasteiger partial charge in [0.1, 0.15) is 0 Å². The van der Waals surface area contributed by atoms with Gasteiger partial charge in [-0.3, -0.25) is 0 Å². The fourth-order valence-electron chi connectivity index (χ4n) is 2.19. The smallest absolute Gasteiger partial charge is 0.153 e. The molecule has 1 N–H and O–H groups in total. The molecule has 0 atom stereocenters. The summed E-state index contributed by atoms with van der Waals surface area (Å²) < 4.78 is 0. The molecular weight excluding hydrogens is 212 g/mol. The van der Waals surface area contributed by atoms with E-state index in [1.54, 1.807) is 0 Å². The van der Waals surface area contributed by atoms with Crippen molar-refractivity contribution >= 4 is 0 Å². The van der Waals surface area contributed by atoms with E-state index in [-0.39, 0.29) is 0 Å². The summed E-state index contributed by atoms with van der Waals surface area (Å²) in [4.78, 5) is 2.32. The number of rotatable bonds is 3. The molecule has 0 unspecified atom stereocenters. The van der Waals surface area contributed by atoms with Gasteiger partial charge < -0.3 is 10.0 Å². The van der Waals surface area contributed by atoms with Gasteiger partial charge in [-0.25, -0.2) is 0 Å². The van der Waals surface area contributed by atoms with E-state index in [0.29, 0.717) is 12.8 Å². The molecule has 0 amide bonds. The maximum Gasteiger partial charge on any atom is 0.153 e. The highest BCUT2D eigenvalue weighted by Crippen LogP contribution is 2.21. The van der Waals surface area contributed by atoms with Gasteiger partial charge in [0.25, 0.3) is 0 Å². The second-order valence-electron chi connectivity index (χ2n) is 4.72. The molecule has 1 aliphatic heterocycles. The van der Waals surface area contributed by atoms with Crippen LogP contribution in [0.15, 0.2) is 30.3 Å². The van der Waals surface area contributed by atoms with E-state index in [2.05, 4.69) is 29.2 Å². The first-order chi connectivity index (χ1) is 8.22. The number of benzene rings is 1. The van der Waals surface area contributed by atoms with Crippen molar-refractivity contribution in [2.75, 3.05) is 19.6 Å². The van der Waals surface area contributed by atoms with Crippen LogP contribution in [0.5, 0.6) is 0 Å². The first kappa shape index (κ1) is 12.1. The maximum absolute atomic E-state index is 9.80. The van der Waals surface area contributed by atoms with Crippen LogP contribution in [-0.2, 0) is 6.42 Å². The monoisotopic (exact) mass is 230 g/mol. The fourth-order valence-corrected chi connectivity index (χ4v) is 2.19. The van der Waals surface area contributed by atoms with Crippen molar-refractivity contribution in [3.8, 4) is 6.07 Å². The molecule has 2 rings (SSSR count). The number of nitriles is 1. The van der Waals surface area contributed by atoms with E-state index < -0.39 is 5.60 Å². The molecule has 1 aromatic rings. The molecule has 1 fully saturated rings. The van der Waals surface area contributed by atoms with E-state index in [0.717, 1.165) is 26.1 Å². The molecule has 90 valence electrons. The molecular formula is C14H18N2O. The van der Waals surface area contributed by atoms with Gasteiger partial charge in [-0.1, -0.05) is 30.3 Å². The van der Waals surface area contributed by atoms with Gasteiger partial charge >= 0.3 is 0 Å². The van der Waals surface area contributed by atoms with Crippen LogP contribution >= 0.6 is 0 Å². The SMILES string of the molecule is N#CC1(O)CCN(CCc2ccccc2)CC1. The van der Waals surface area contributed by atoms with Crippen molar-refractivity contribution in [1.82, 2.24) is 4.90 Å². The lowest BCUT2D eigenvalue weighted by Crippen LogP contribution is -2.44. The molecule has 0 aliphatic carbocycles. The lowest BCUT2D eigenvalue weighted by Gasteiger charge is -2.33. The van der Waals surface area contributed by atoms with Crippen molar-refractivity contribution in [2.24, 2.45) is 0 Å². The van der Waals surface area contributed by atoms with Crippen LogP contribution < -0.4 is 0 Å². The van der Waals surface area contributed by atoms with Crippen molar-refractivity contribution < 1.29 is 5.11 Å². The topological polar surface area (TPSA) is 47.3 Å².